The predicted molar refractivity (Wildman–Crippen MR) is 71.5 cm³/mol. The first-order chi connectivity index (χ1) is 8.96. The Labute approximate surface area is 116 Å². The predicted octanol–water partition coefficient (Wildman–Crippen LogP) is 0.915. The summed E-state index contributed by atoms with van der Waals surface area (Å²) in [4.78, 5) is 11.7. The van der Waals surface area contributed by atoms with E-state index in [1.807, 2.05) is 0 Å². The number of ether oxygens (including phenoxy) is 1. The summed E-state index contributed by atoms with van der Waals surface area (Å²) in [5.41, 5.74) is 0.392. The highest BCUT2D eigenvalue weighted by Crippen LogP contribution is 2.28. The number of hydrogen-bond acceptors (Lipinski definition) is 5. The van der Waals surface area contributed by atoms with E-state index in [0.29, 0.717) is 5.56 Å². The SMILES string of the molecule is CNCC(=O)c1ccc(S(=O)(=O)C2COC2)c(Cl)c1. The first kappa shape index (κ1) is 14.5. The van der Waals surface area contributed by atoms with E-state index in [1.54, 1.807) is 7.05 Å². The minimum absolute atomic E-state index is 0.0588. The third-order valence-electron chi connectivity index (χ3n) is 2.94. The second-order valence-electron chi connectivity index (χ2n) is 4.30. The Balaban J connectivity index is 2.31. The normalized spacial score (nSPS) is 16.1. The van der Waals surface area contributed by atoms with Crippen molar-refractivity contribution in [1.82, 2.24) is 5.32 Å². The van der Waals surface area contributed by atoms with Crippen molar-refractivity contribution in [3.63, 3.8) is 0 Å². The number of Topliss-reactive ketones (excluding diaryl/α,β-unsaturated/α-hetero) is 1. The van der Waals surface area contributed by atoms with Crippen LogP contribution in [0.1, 0.15) is 10.4 Å². The van der Waals surface area contributed by atoms with Gasteiger partial charge in [0.05, 0.1) is 29.7 Å². The lowest BCUT2D eigenvalue weighted by atomic mass is 10.1. The molecule has 0 atom stereocenters. The second-order valence-corrected chi connectivity index (χ2v) is 6.91. The average Bonchev–Trinajstić information content (AvgIpc) is 2.25. The van der Waals surface area contributed by atoms with Crippen LogP contribution in [0.15, 0.2) is 23.1 Å². The van der Waals surface area contributed by atoms with Gasteiger partial charge in [0.1, 0.15) is 5.25 Å². The topological polar surface area (TPSA) is 72.5 Å². The summed E-state index contributed by atoms with van der Waals surface area (Å²) < 4.78 is 29.3. The van der Waals surface area contributed by atoms with E-state index in [4.69, 9.17) is 16.3 Å². The number of ketones is 1. The number of benzene rings is 1. The molecule has 1 aliphatic rings. The lowest BCUT2D eigenvalue weighted by Crippen LogP contribution is -2.40. The van der Waals surface area contributed by atoms with Crippen LogP contribution >= 0.6 is 11.6 Å². The van der Waals surface area contributed by atoms with Crippen LogP contribution in [0.25, 0.3) is 0 Å². The van der Waals surface area contributed by atoms with Crippen molar-refractivity contribution in [2.75, 3.05) is 26.8 Å². The Hall–Kier alpha value is -0.950. The van der Waals surface area contributed by atoms with Gasteiger partial charge in [-0.15, -0.1) is 0 Å². The lowest BCUT2D eigenvalue weighted by Gasteiger charge is -2.26. The van der Waals surface area contributed by atoms with Gasteiger partial charge in [0.25, 0.3) is 0 Å². The van der Waals surface area contributed by atoms with Crippen molar-refractivity contribution in [2.24, 2.45) is 0 Å². The van der Waals surface area contributed by atoms with Crippen molar-refractivity contribution in [3.8, 4) is 0 Å². The molecule has 0 radical (unpaired) electrons. The fourth-order valence-corrected chi connectivity index (χ4v) is 3.74. The van der Waals surface area contributed by atoms with Crippen LogP contribution in [0.2, 0.25) is 5.02 Å². The molecule has 19 heavy (non-hydrogen) atoms. The quantitative estimate of drug-likeness (QED) is 0.819. The van der Waals surface area contributed by atoms with Crippen LogP contribution in [0.4, 0.5) is 0 Å². The maximum atomic E-state index is 12.2. The smallest absolute Gasteiger partial charge is 0.187 e. The van der Waals surface area contributed by atoms with Gasteiger partial charge in [-0.3, -0.25) is 4.79 Å². The highest BCUT2D eigenvalue weighted by atomic mass is 35.5. The van der Waals surface area contributed by atoms with Gasteiger partial charge in [-0.05, 0) is 25.2 Å². The van der Waals surface area contributed by atoms with E-state index in [9.17, 15) is 13.2 Å². The molecule has 0 bridgehead atoms. The summed E-state index contributed by atoms with van der Waals surface area (Å²) in [5, 5.41) is 2.28. The molecule has 7 heteroatoms. The number of halogens is 1. The summed E-state index contributed by atoms with van der Waals surface area (Å²) in [6.07, 6.45) is 0. The van der Waals surface area contributed by atoms with Crippen molar-refractivity contribution in [1.29, 1.82) is 0 Å². The van der Waals surface area contributed by atoms with Crippen LogP contribution in [0.3, 0.4) is 0 Å². The highest BCUT2D eigenvalue weighted by Gasteiger charge is 2.35. The van der Waals surface area contributed by atoms with E-state index >= 15 is 0 Å². The van der Waals surface area contributed by atoms with Crippen molar-refractivity contribution < 1.29 is 17.9 Å². The van der Waals surface area contributed by atoms with Crippen molar-refractivity contribution >= 4 is 27.2 Å². The van der Waals surface area contributed by atoms with Gasteiger partial charge in [-0.1, -0.05) is 11.6 Å². The molecule has 1 N–H and O–H groups in total. The Bertz CT molecular complexity index is 596. The summed E-state index contributed by atoms with van der Waals surface area (Å²) in [5.74, 6) is -0.139. The number of likely N-dealkylation sites (N-methyl/N-ethyl adjacent to an activating group) is 1. The average molecular weight is 304 g/mol. The van der Waals surface area contributed by atoms with Gasteiger partial charge < -0.3 is 10.1 Å². The summed E-state index contributed by atoms with van der Waals surface area (Å²) in [6.45, 7) is 0.567. The molecule has 0 unspecified atom stereocenters. The molecule has 0 amide bonds. The van der Waals surface area contributed by atoms with E-state index < -0.39 is 15.1 Å². The van der Waals surface area contributed by atoms with Gasteiger partial charge in [0, 0.05) is 5.56 Å². The van der Waals surface area contributed by atoms with Crippen molar-refractivity contribution in [2.45, 2.75) is 10.1 Å². The van der Waals surface area contributed by atoms with E-state index in [0.717, 1.165) is 0 Å². The molecular formula is C12H14ClNO4S. The Morgan fingerprint density at radius 1 is 1.47 bits per heavy atom. The third kappa shape index (κ3) is 2.81. The number of carbonyl (C=O) groups is 1. The van der Waals surface area contributed by atoms with Gasteiger partial charge in [-0.2, -0.15) is 0 Å². The molecule has 0 spiro atoms. The number of nitrogens with one attached hydrogen (secondary N) is 1. The molecule has 5 nitrogen and oxygen atoms in total. The highest BCUT2D eigenvalue weighted by molar-refractivity contribution is 7.92. The third-order valence-corrected chi connectivity index (χ3v) is 5.49. The number of hydrogen-bond donors (Lipinski definition) is 1. The largest absolute Gasteiger partial charge is 0.379 e. The maximum absolute atomic E-state index is 12.2. The number of carbonyl (C=O) groups excluding carboxylic acids is 1. The lowest BCUT2D eigenvalue weighted by molar-refractivity contribution is 0.0416. The van der Waals surface area contributed by atoms with Gasteiger partial charge in [-0.25, -0.2) is 8.42 Å². The molecule has 0 aliphatic carbocycles. The van der Waals surface area contributed by atoms with Gasteiger partial charge >= 0.3 is 0 Å². The van der Waals surface area contributed by atoms with E-state index in [1.165, 1.54) is 18.2 Å². The van der Waals surface area contributed by atoms with Crippen molar-refractivity contribution in [3.05, 3.63) is 28.8 Å². The standard InChI is InChI=1S/C12H14ClNO4S/c1-14-5-11(15)8-2-3-12(10(13)4-8)19(16,17)9-6-18-7-9/h2-4,9,14H,5-7H2,1H3. The summed E-state index contributed by atoms with van der Waals surface area (Å²) >= 11 is 5.99. The first-order valence-electron chi connectivity index (χ1n) is 5.76. The zero-order valence-corrected chi connectivity index (χ0v) is 11.9. The zero-order valence-electron chi connectivity index (χ0n) is 10.3. The Morgan fingerprint density at radius 3 is 2.63 bits per heavy atom. The molecule has 1 aromatic carbocycles. The summed E-state index contributed by atoms with van der Waals surface area (Å²) in [6, 6.07) is 4.27. The van der Waals surface area contributed by atoms with E-state index in [-0.39, 0.29) is 35.5 Å². The monoisotopic (exact) mass is 303 g/mol. The molecule has 2 rings (SSSR count). The fraction of sp³-hybridized carbons (Fsp3) is 0.417. The molecule has 1 saturated heterocycles. The van der Waals surface area contributed by atoms with Gasteiger partial charge in [0.15, 0.2) is 15.6 Å². The number of rotatable bonds is 5. The summed E-state index contributed by atoms with van der Waals surface area (Å²) in [7, 11) is -1.81. The molecule has 1 heterocycles. The van der Waals surface area contributed by atoms with Gasteiger partial charge in [0.2, 0.25) is 0 Å². The maximum Gasteiger partial charge on any atom is 0.187 e. The minimum atomic E-state index is -3.47. The minimum Gasteiger partial charge on any atom is -0.379 e. The Morgan fingerprint density at radius 2 is 2.16 bits per heavy atom. The molecular weight excluding hydrogens is 290 g/mol. The molecule has 0 aromatic heterocycles. The molecule has 1 fully saturated rings. The molecule has 0 saturated carbocycles. The Kier molecular flexibility index (Phi) is 4.25. The van der Waals surface area contributed by atoms with Crippen LogP contribution in [-0.4, -0.2) is 46.3 Å². The fourth-order valence-electron chi connectivity index (χ4n) is 1.74. The molecule has 104 valence electrons. The molecule has 1 aromatic rings. The zero-order chi connectivity index (χ0) is 14.0. The first-order valence-corrected chi connectivity index (χ1v) is 7.68. The van der Waals surface area contributed by atoms with Crippen LogP contribution in [0, 0.1) is 0 Å². The van der Waals surface area contributed by atoms with E-state index in [2.05, 4.69) is 5.32 Å². The number of sulfone groups is 1. The van der Waals surface area contributed by atoms with Crippen LogP contribution in [-0.2, 0) is 14.6 Å². The second kappa shape index (κ2) is 5.58. The molecule has 1 aliphatic heterocycles. The van der Waals surface area contributed by atoms with Crippen LogP contribution < -0.4 is 5.32 Å². The van der Waals surface area contributed by atoms with Crippen LogP contribution in [0.5, 0.6) is 0 Å².